The highest BCUT2D eigenvalue weighted by molar-refractivity contribution is 5.80. The summed E-state index contributed by atoms with van der Waals surface area (Å²) in [7, 11) is 1.72. The molecule has 168 valence electrons. The number of carbonyl (C=O) groups is 2. The van der Waals surface area contributed by atoms with Crippen molar-refractivity contribution >= 4 is 18.0 Å². The van der Waals surface area contributed by atoms with Crippen LogP contribution in [0.1, 0.15) is 73.1 Å². The molecular weight excluding hydrogens is 370 g/mol. The van der Waals surface area contributed by atoms with E-state index in [0.717, 1.165) is 32.1 Å². The first kappa shape index (κ1) is 25.0. The van der Waals surface area contributed by atoms with Crippen LogP contribution in [0.5, 0.6) is 0 Å². The summed E-state index contributed by atoms with van der Waals surface area (Å²) in [5.74, 6) is 1.08. The van der Waals surface area contributed by atoms with E-state index in [9.17, 15) is 9.59 Å². The number of ether oxygens (including phenoxy) is 1. The molecule has 1 rings (SSSR count). The molecule has 4 N–H and O–H groups in total. The number of amides is 2. The Hall–Kier alpha value is -1.99. The Morgan fingerprint density at radius 3 is 2.14 bits per heavy atom. The van der Waals surface area contributed by atoms with Crippen LogP contribution < -0.4 is 21.3 Å². The maximum atomic E-state index is 12.2. The first-order valence-corrected chi connectivity index (χ1v) is 10.9. The van der Waals surface area contributed by atoms with Gasteiger partial charge in [-0.2, -0.15) is 0 Å². The molecule has 0 spiro atoms. The van der Waals surface area contributed by atoms with Gasteiger partial charge in [0.2, 0.25) is 5.91 Å². The number of aliphatic imine (C=N–C) groups is 1. The van der Waals surface area contributed by atoms with Crippen molar-refractivity contribution in [2.45, 2.75) is 84.3 Å². The van der Waals surface area contributed by atoms with Gasteiger partial charge in [-0.15, -0.1) is 0 Å². The minimum Gasteiger partial charge on any atom is -0.444 e. The summed E-state index contributed by atoms with van der Waals surface area (Å²) in [4.78, 5) is 28.3. The number of hydrogen-bond acceptors (Lipinski definition) is 4. The highest BCUT2D eigenvalue weighted by atomic mass is 16.6. The van der Waals surface area contributed by atoms with E-state index in [1.54, 1.807) is 7.05 Å². The predicted octanol–water partition coefficient (Wildman–Crippen LogP) is 2.54. The van der Waals surface area contributed by atoms with Crippen molar-refractivity contribution in [1.29, 1.82) is 0 Å². The lowest BCUT2D eigenvalue weighted by atomic mass is 9.85. The van der Waals surface area contributed by atoms with Crippen LogP contribution in [0, 0.1) is 5.92 Å². The fourth-order valence-electron chi connectivity index (χ4n) is 3.04. The van der Waals surface area contributed by atoms with Crippen LogP contribution in [-0.2, 0) is 9.53 Å². The number of nitrogens with one attached hydrogen (secondary N) is 4. The number of nitrogens with zero attached hydrogens (tertiary/aromatic N) is 1. The second-order valence-electron chi connectivity index (χ2n) is 8.74. The topological polar surface area (TPSA) is 104 Å². The van der Waals surface area contributed by atoms with E-state index in [0.29, 0.717) is 25.6 Å². The molecular formula is C21H41N5O3. The Morgan fingerprint density at radius 2 is 1.66 bits per heavy atom. The van der Waals surface area contributed by atoms with Crippen molar-refractivity contribution in [2.75, 3.05) is 26.7 Å². The third-order valence-corrected chi connectivity index (χ3v) is 5.36. The largest absolute Gasteiger partial charge is 0.444 e. The lowest BCUT2D eigenvalue weighted by Crippen LogP contribution is -2.57. The molecule has 1 saturated carbocycles. The van der Waals surface area contributed by atoms with E-state index >= 15 is 0 Å². The molecule has 8 heteroatoms. The predicted molar refractivity (Wildman–Crippen MR) is 117 cm³/mol. The molecule has 0 unspecified atom stereocenters. The van der Waals surface area contributed by atoms with Crippen LogP contribution in [0.4, 0.5) is 4.79 Å². The second kappa shape index (κ2) is 11.9. The van der Waals surface area contributed by atoms with E-state index in [-0.39, 0.29) is 11.8 Å². The molecule has 0 atom stereocenters. The van der Waals surface area contributed by atoms with E-state index in [2.05, 4.69) is 26.3 Å². The zero-order valence-corrected chi connectivity index (χ0v) is 19.1. The second-order valence-corrected chi connectivity index (χ2v) is 8.74. The Labute approximate surface area is 176 Å². The molecule has 0 aliphatic heterocycles. The van der Waals surface area contributed by atoms with Gasteiger partial charge in [0.05, 0.1) is 5.54 Å². The van der Waals surface area contributed by atoms with Crippen molar-refractivity contribution < 1.29 is 14.3 Å². The van der Waals surface area contributed by atoms with Crippen molar-refractivity contribution in [2.24, 2.45) is 10.9 Å². The normalized spacial score (nSPS) is 15.3. The molecule has 1 aliphatic rings. The first-order valence-electron chi connectivity index (χ1n) is 10.9. The molecule has 0 saturated heterocycles. The van der Waals surface area contributed by atoms with E-state index in [4.69, 9.17) is 4.74 Å². The van der Waals surface area contributed by atoms with Gasteiger partial charge in [-0.3, -0.25) is 9.79 Å². The monoisotopic (exact) mass is 411 g/mol. The van der Waals surface area contributed by atoms with Gasteiger partial charge in [-0.25, -0.2) is 4.79 Å². The number of guanidine groups is 1. The lowest BCUT2D eigenvalue weighted by molar-refractivity contribution is -0.127. The first-order chi connectivity index (χ1) is 13.6. The zero-order valence-electron chi connectivity index (χ0n) is 19.1. The van der Waals surface area contributed by atoms with Crippen LogP contribution in [0.15, 0.2) is 4.99 Å². The van der Waals surface area contributed by atoms with Crippen LogP contribution in [-0.4, -0.2) is 55.8 Å². The zero-order chi connectivity index (χ0) is 21.9. The molecule has 0 radical (unpaired) electrons. The van der Waals surface area contributed by atoms with E-state index < -0.39 is 17.2 Å². The van der Waals surface area contributed by atoms with Crippen LogP contribution >= 0.6 is 0 Å². The summed E-state index contributed by atoms with van der Waals surface area (Å²) in [5.41, 5.74) is -0.951. The molecule has 2 amide bonds. The fourth-order valence-corrected chi connectivity index (χ4v) is 3.04. The van der Waals surface area contributed by atoms with Gasteiger partial charge in [0.25, 0.3) is 0 Å². The molecule has 0 aromatic carbocycles. The summed E-state index contributed by atoms with van der Waals surface area (Å²) in [6.45, 7) is 11.5. The van der Waals surface area contributed by atoms with Gasteiger partial charge in [0.1, 0.15) is 5.60 Å². The Morgan fingerprint density at radius 1 is 1.03 bits per heavy atom. The van der Waals surface area contributed by atoms with Gasteiger partial charge in [0, 0.05) is 32.6 Å². The van der Waals surface area contributed by atoms with E-state index in [1.807, 2.05) is 34.6 Å². The molecule has 0 aromatic heterocycles. The minimum absolute atomic E-state index is 0.183. The standard InChI is InChI=1S/C21H41N5O3/c1-7-21(8-2,26-19(28)29-20(3,4)5)15-25-18(22-6)24-14-10-13-23-17(27)16-11-9-12-16/h16H,7-15H2,1-6H3,(H,23,27)(H,26,28)(H2,22,24,25). The SMILES string of the molecule is CCC(CC)(CNC(=NC)NCCCNC(=O)C1CCC1)NC(=O)OC(C)(C)C. The highest BCUT2D eigenvalue weighted by Crippen LogP contribution is 2.26. The summed E-state index contributed by atoms with van der Waals surface area (Å²) < 4.78 is 5.41. The number of carbonyl (C=O) groups excluding carboxylic acids is 2. The Balaban J connectivity index is 2.38. The molecule has 1 aliphatic carbocycles. The molecule has 1 fully saturated rings. The Bertz CT molecular complexity index is 549. The number of hydrogen-bond donors (Lipinski definition) is 4. The smallest absolute Gasteiger partial charge is 0.408 e. The van der Waals surface area contributed by atoms with E-state index in [1.165, 1.54) is 6.42 Å². The number of rotatable bonds is 10. The quantitative estimate of drug-likeness (QED) is 0.251. The average molecular weight is 412 g/mol. The van der Waals surface area contributed by atoms with Gasteiger partial charge >= 0.3 is 6.09 Å². The minimum atomic E-state index is -0.531. The summed E-state index contributed by atoms with van der Waals surface area (Å²) in [6, 6.07) is 0. The summed E-state index contributed by atoms with van der Waals surface area (Å²) in [5, 5.41) is 12.6. The van der Waals surface area contributed by atoms with Crippen molar-refractivity contribution in [3.63, 3.8) is 0 Å². The highest BCUT2D eigenvalue weighted by Gasteiger charge is 2.30. The van der Waals surface area contributed by atoms with Crippen molar-refractivity contribution in [1.82, 2.24) is 21.3 Å². The maximum absolute atomic E-state index is 12.2. The summed E-state index contributed by atoms with van der Waals surface area (Å²) in [6.07, 6.45) is 5.15. The number of alkyl carbamates (subject to hydrolysis) is 1. The third-order valence-electron chi connectivity index (χ3n) is 5.36. The van der Waals surface area contributed by atoms with Crippen molar-refractivity contribution in [3.05, 3.63) is 0 Å². The van der Waals surface area contributed by atoms with Crippen molar-refractivity contribution in [3.8, 4) is 0 Å². The third kappa shape index (κ3) is 9.37. The lowest BCUT2D eigenvalue weighted by Gasteiger charge is -2.34. The average Bonchev–Trinajstić information content (AvgIpc) is 2.59. The maximum Gasteiger partial charge on any atom is 0.408 e. The Kier molecular flexibility index (Phi) is 10.3. The van der Waals surface area contributed by atoms with Crippen LogP contribution in [0.3, 0.4) is 0 Å². The molecule has 29 heavy (non-hydrogen) atoms. The van der Waals surface area contributed by atoms with Gasteiger partial charge in [-0.1, -0.05) is 20.3 Å². The molecule has 0 bridgehead atoms. The molecule has 0 aromatic rings. The van der Waals surface area contributed by atoms with Crippen LogP contribution in [0.25, 0.3) is 0 Å². The van der Waals surface area contributed by atoms with Gasteiger partial charge in [-0.05, 0) is 52.9 Å². The fraction of sp³-hybridized carbons (Fsp3) is 0.857. The molecule has 0 heterocycles. The molecule has 8 nitrogen and oxygen atoms in total. The van der Waals surface area contributed by atoms with Crippen LogP contribution in [0.2, 0.25) is 0 Å². The summed E-state index contributed by atoms with van der Waals surface area (Å²) >= 11 is 0. The van der Waals surface area contributed by atoms with Gasteiger partial charge in [0.15, 0.2) is 5.96 Å². The van der Waals surface area contributed by atoms with Gasteiger partial charge < -0.3 is 26.0 Å².